The molecule has 23 heavy (non-hydrogen) atoms. The maximum Gasteiger partial charge on any atom is 0.473 e. The molecule has 9 heteroatoms. The van der Waals surface area contributed by atoms with E-state index in [4.69, 9.17) is 18.6 Å². The second-order valence-electron chi connectivity index (χ2n) is 6.82. The molecule has 1 aromatic rings. The summed E-state index contributed by atoms with van der Waals surface area (Å²) in [6, 6.07) is 1.32. The summed E-state index contributed by atoms with van der Waals surface area (Å²) >= 11 is 0. The summed E-state index contributed by atoms with van der Waals surface area (Å²) in [5, 5.41) is 0. The number of aromatic amines is 1. The minimum atomic E-state index is -0.446. The molecule has 1 saturated heterocycles. The zero-order chi connectivity index (χ0) is 16.6. The van der Waals surface area contributed by atoms with Crippen LogP contribution in [-0.4, -0.2) is 37.9 Å². The molecule has 0 amide bonds. The van der Waals surface area contributed by atoms with E-state index in [0.29, 0.717) is 18.4 Å². The second kappa shape index (κ2) is 6.33. The number of nitrogens with one attached hydrogen (secondary N) is 1. The first-order valence-electron chi connectivity index (χ1n) is 7.53. The smallest absolute Gasteiger partial charge is 0.388 e. The Morgan fingerprint density at radius 2 is 2.17 bits per heavy atom. The van der Waals surface area contributed by atoms with Crippen molar-refractivity contribution in [2.24, 2.45) is 11.8 Å². The molecule has 2 fully saturated rings. The molecule has 2 radical (unpaired) electrons. The van der Waals surface area contributed by atoms with Crippen LogP contribution in [0.1, 0.15) is 33.4 Å². The lowest BCUT2D eigenvalue weighted by molar-refractivity contribution is -0.285. The van der Waals surface area contributed by atoms with Crippen molar-refractivity contribution in [3.8, 4) is 0 Å². The monoisotopic (exact) mass is 340 g/mol. The standard InChI is InChI=1S/C14H20N2O6Si/c1-14(2,3)21-22-23-19-7-10-8-6-9(8)12(20-10)16-5-4-11(17)15-13(16)18/h4-5,8-10,12H,6-7H2,1-3H3,(H,15,17,18)/t8-,9+,10+,12+/m0/s1. The first-order valence-corrected chi connectivity index (χ1v) is 8.35. The first-order chi connectivity index (χ1) is 10.8. The summed E-state index contributed by atoms with van der Waals surface area (Å²) in [4.78, 5) is 30.3. The lowest BCUT2D eigenvalue weighted by atomic mass is 10.2. The van der Waals surface area contributed by atoms with Gasteiger partial charge in [-0.2, -0.15) is 0 Å². The van der Waals surface area contributed by atoms with E-state index in [-0.39, 0.29) is 27.9 Å². The lowest BCUT2D eigenvalue weighted by Crippen LogP contribution is -2.33. The van der Waals surface area contributed by atoms with Gasteiger partial charge in [0.2, 0.25) is 0 Å². The molecule has 0 spiro atoms. The van der Waals surface area contributed by atoms with Crippen LogP contribution in [0.4, 0.5) is 0 Å². The maximum absolute atomic E-state index is 11.9. The zero-order valence-corrected chi connectivity index (χ0v) is 14.3. The van der Waals surface area contributed by atoms with Crippen LogP contribution in [-0.2, 0) is 18.6 Å². The lowest BCUT2D eigenvalue weighted by Gasteiger charge is -2.20. The number of hydrogen-bond donors (Lipinski definition) is 1. The van der Waals surface area contributed by atoms with E-state index in [1.165, 1.54) is 16.8 Å². The third-order valence-electron chi connectivity index (χ3n) is 3.81. The third-order valence-corrected chi connectivity index (χ3v) is 4.24. The van der Waals surface area contributed by atoms with Crippen molar-refractivity contribution in [2.45, 2.75) is 45.1 Å². The van der Waals surface area contributed by atoms with Crippen molar-refractivity contribution in [1.82, 2.24) is 9.55 Å². The number of aromatic nitrogens is 2. The Bertz CT molecular complexity index is 666. The van der Waals surface area contributed by atoms with Gasteiger partial charge in [-0.15, -0.1) is 0 Å². The van der Waals surface area contributed by atoms with Crippen molar-refractivity contribution in [2.75, 3.05) is 6.61 Å². The third kappa shape index (κ3) is 3.99. The summed E-state index contributed by atoms with van der Waals surface area (Å²) in [6.07, 6.45) is 2.06. The number of hydrogen-bond acceptors (Lipinski definition) is 6. The SMILES string of the molecule is CC(C)(C)OO[Si]OC[C@H]1O[C@@H](n2ccc(=O)[nH]c2=O)[C@@H]2C[C@@H]21. The number of ether oxygens (including phenoxy) is 1. The van der Waals surface area contributed by atoms with Gasteiger partial charge in [-0.05, 0) is 33.1 Å². The highest BCUT2D eigenvalue weighted by molar-refractivity contribution is 6.17. The highest BCUT2D eigenvalue weighted by Crippen LogP contribution is 2.56. The van der Waals surface area contributed by atoms with Crippen molar-refractivity contribution in [1.29, 1.82) is 0 Å². The molecule has 1 aliphatic heterocycles. The molecule has 2 aliphatic rings. The molecule has 1 aliphatic carbocycles. The fraction of sp³-hybridized carbons (Fsp3) is 0.714. The fourth-order valence-electron chi connectivity index (χ4n) is 2.72. The quantitative estimate of drug-likeness (QED) is 0.348. The molecule has 2 heterocycles. The maximum atomic E-state index is 11.9. The minimum Gasteiger partial charge on any atom is -0.388 e. The van der Waals surface area contributed by atoms with Crippen LogP contribution in [0, 0.1) is 11.8 Å². The van der Waals surface area contributed by atoms with Gasteiger partial charge < -0.3 is 9.16 Å². The van der Waals surface area contributed by atoms with E-state index in [1.54, 1.807) is 0 Å². The van der Waals surface area contributed by atoms with Gasteiger partial charge in [0.05, 0.1) is 18.3 Å². The van der Waals surface area contributed by atoms with Crippen LogP contribution < -0.4 is 11.2 Å². The van der Waals surface area contributed by atoms with Crippen LogP contribution in [0.25, 0.3) is 0 Å². The van der Waals surface area contributed by atoms with Gasteiger partial charge in [-0.3, -0.25) is 14.3 Å². The highest BCUT2D eigenvalue weighted by Gasteiger charge is 2.56. The van der Waals surface area contributed by atoms with Crippen molar-refractivity contribution in [3.63, 3.8) is 0 Å². The van der Waals surface area contributed by atoms with E-state index in [1.807, 2.05) is 20.8 Å². The van der Waals surface area contributed by atoms with Gasteiger partial charge in [-0.1, -0.05) is 0 Å². The minimum absolute atomic E-state index is 0.0745. The molecule has 1 saturated carbocycles. The van der Waals surface area contributed by atoms with Crippen LogP contribution >= 0.6 is 0 Å². The highest BCUT2D eigenvalue weighted by atomic mass is 28.3. The van der Waals surface area contributed by atoms with Gasteiger partial charge in [0.25, 0.3) is 5.56 Å². The Morgan fingerprint density at radius 3 is 2.87 bits per heavy atom. The Morgan fingerprint density at radius 1 is 1.39 bits per heavy atom. The van der Waals surface area contributed by atoms with Gasteiger partial charge in [0.15, 0.2) is 0 Å². The normalized spacial score (nSPS) is 29.5. The van der Waals surface area contributed by atoms with Gasteiger partial charge in [0.1, 0.15) is 6.23 Å². The molecule has 1 aromatic heterocycles. The van der Waals surface area contributed by atoms with E-state index in [9.17, 15) is 9.59 Å². The molecule has 0 aromatic carbocycles. The summed E-state index contributed by atoms with van der Waals surface area (Å²) in [5.74, 6) is 0.675. The molecule has 3 rings (SSSR count). The number of rotatable bonds is 6. The van der Waals surface area contributed by atoms with E-state index >= 15 is 0 Å². The van der Waals surface area contributed by atoms with Crippen LogP contribution in [0.2, 0.25) is 0 Å². The Hall–Kier alpha value is -1.26. The molecule has 0 bridgehead atoms. The average Bonchev–Trinajstić information content (AvgIpc) is 3.15. The number of nitrogens with zero attached hydrogens (tertiary/aromatic N) is 1. The van der Waals surface area contributed by atoms with Crippen LogP contribution in [0.3, 0.4) is 0 Å². The summed E-state index contributed by atoms with van der Waals surface area (Å²) < 4.78 is 17.8. The van der Waals surface area contributed by atoms with E-state index < -0.39 is 11.2 Å². The molecular weight excluding hydrogens is 320 g/mol. The fourth-order valence-corrected chi connectivity index (χ4v) is 3.28. The largest absolute Gasteiger partial charge is 0.473 e. The molecule has 1 N–H and O–H groups in total. The van der Waals surface area contributed by atoms with Gasteiger partial charge in [-0.25, -0.2) is 14.3 Å². The molecular formula is C14H20N2O6Si. The number of fused-ring (bicyclic) bond motifs is 1. The summed E-state index contributed by atoms with van der Waals surface area (Å²) in [7, 11) is -0.223. The zero-order valence-electron chi connectivity index (χ0n) is 13.3. The Kier molecular flexibility index (Phi) is 4.56. The van der Waals surface area contributed by atoms with E-state index in [0.717, 1.165) is 6.42 Å². The van der Waals surface area contributed by atoms with Crippen LogP contribution in [0.5, 0.6) is 0 Å². The Labute approximate surface area is 135 Å². The summed E-state index contributed by atoms with van der Waals surface area (Å²) in [5.41, 5.74) is -1.23. The predicted molar refractivity (Wildman–Crippen MR) is 80.5 cm³/mol. The molecule has 4 atom stereocenters. The van der Waals surface area contributed by atoms with Crippen LogP contribution in [0.15, 0.2) is 21.9 Å². The Balaban J connectivity index is 1.49. The summed E-state index contributed by atoms with van der Waals surface area (Å²) in [6.45, 7) is 6.05. The second-order valence-corrected chi connectivity index (χ2v) is 7.44. The van der Waals surface area contributed by atoms with E-state index in [2.05, 4.69) is 4.98 Å². The predicted octanol–water partition coefficient (Wildman–Crippen LogP) is 0.368. The first kappa shape index (κ1) is 16.6. The molecule has 126 valence electrons. The number of H-pyrrole nitrogens is 1. The average molecular weight is 340 g/mol. The van der Waals surface area contributed by atoms with Crippen molar-refractivity contribution < 1.29 is 18.6 Å². The van der Waals surface area contributed by atoms with Crippen molar-refractivity contribution in [3.05, 3.63) is 33.1 Å². The molecule has 8 nitrogen and oxygen atoms in total. The molecule has 0 unspecified atom stereocenters. The van der Waals surface area contributed by atoms with Gasteiger partial charge >= 0.3 is 15.7 Å². The topological polar surface area (TPSA) is 91.8 Å². The van der Waals surface area contributed by atoms with Crippen molar-refractivity contribution >= 4 is 10.0 Å². The van der Waals surface area contributed by atoms with Gasteiger partial charge in [0, 0.05) is 18.2 Å².